The summed E-state index contributed by atoms with van der Waals surface area (Å²) >= 11 is 1.67. The fourth-order valence-electron chi connectivity index (χ4n) is 3.46. The van der Waals surface area contributed by atoms with Crippen molar-refractivity contribution in [3.63, 3.8) is 0 Å². The number of fused-ring (bicyclic) bond motifs is 1. The zero-order chi connectivity index (χ0) is 16.4. The predicted octanol–water partition coefficient (Wildman–Crippen LogP) is 3.37. The number of halogens is 1. The van der Waals surface area contributed by atoms with Gasteiger partial charge in [-0.1, -0.05) is 6.42 Å². The number of rotatable bonds is 3. The molecular weight excluding hydrogens is 317 g/mol. The molecule has 1 aromatic carbocycles. The summed E-state index contributed by atoms with van der Waals surface area (Å²) in [6.07, 6.45) is 3.31. The Bertz CT molecular complexity index is 622. The SMILES string of the molecule is O=C(O)C1CCCC(C(=O)NC2CCSc3ccc(F)cc32)C1. The van der Waals surface area contributed by atoms with Crippen LogP contribution in [0.1, 0.15) is 43.7 Å². The van der Waals surface area contributed by atoms with E-state index in [1.165, 1.54) is 12.1 Å². The van der Waals surface area contributed by atoms with Crippen LogP contribution in [0.15, 0.2) is 23.1 Å². The standard InChI is InChI=1S/C17H20FNO3S/c18-12-4-5-15-13(9-12)14(6-7-23-15)19-16(20)10-2-1-3-11(8-10)17(21)22/h4-5,9-11,14H,1-3,6-8H2,(H,19,20)(H,21,22). The van der Waals surface area contributed by atoms with Gasteiger partial charge in [0, 0.05) is 16.6 Å². The van der Waals surface area contributed by atoms with Gasteiger partial charge in [-0.25, -0.2) is 4.39 Å². The summed E-state index contributed by atoms with van der Waals surface area (Å²) in [5, 5.41) is 12.2. The molecule has 2 N–H and O–H groups in total. The van der Waals surface area contributed by atoms with Crippen molar-refractivity contribution in [2.24, 2.45) is 11.8 Å². The maximum atomic E-state index is 13.5. The molecule has 2 aliphatic rings. The zero-order valence-corrected chi connectivity index (χ0v) is 13.6. The first-order chi connectivity index (χ1) is 11.0. The molecule has 1 aliphatic carbocycles. The second-order valence-corrected chi connectivity index (χ2v) is 7.42. The number of carboxylic acid groups (broad SMARTS) is 1. The molecule has 3 atom stereocenters. The number of carbonyl (C=O) groups is 2. The van der Waals surface area contributed by atoms with Crippen molar-refractivity contribution in [1.29, 1.82) is 0 Å². The van der Waals surface area contributed by atoms with Gasteiger partial charge in [-0.15, -0.1) is 11.8 Å². The molecular formula is C17H20FNO3S. The molecule has 1 heterocycles. The van der Waals surface area contributed by atoms with E-state index in [1.807, 2.05) is 0 Å². The fourth-order valence-corrected chi connectivity index (χ4v) is 4.56. The quantitative estimate of drug-likeness (QED) is 0.887. The Morgan fingerprint density at radius 2 is 2.00 bits per heavy atom. The number of benzene rings is 1. The van der Waals surface area contributed by atoms with Gasteiger partial charge >= 0.3 is 5.97 Å². The molecule has 0 bridgehead atoms. The van der Waals surface area contributed by atoms with Crippen molar-refractivity contribution in [1.82, 2.24) is 5.32 Å². The van der Waals surface area contributed by atoms with E-state index >= 15 is 0 Å². The van der Waals surface area contributed by atoms with E-state index in [9.17, 15) is 14.0 Å². The first-order valence-corrected chi connectivity index (χ1v) is 8.98. The summed E-state index contributed by atoms with van der Waals surface area (Å²) in [5.41, 5.74) is 0.834. The molecule has 0 radical (unpaired) electrons. The zero-order valence-electron chi connectivity index (χ0n) is 12.8. The average Bonchev–Trinajstić information content (AvgIpc) is 2.55. The van der Waals surface area contributed by atoms with Crippen molar-refractivity contribution < 1.29 is 19.1 Å². The maximum absolute atomic E-state index is 13.5. The maximum Gasteiger partial charge on any atom is 0.306 e. The van der Waals surface area contributed by atoms with Crippen LogP contribution in [0.3, 0.4) is 0 Å². The van der Waals surface area contributed by atoms with Crippen molar-refractivity contribution in [2.45, 2.75) is 43.0 Å². The van der Waals surface area contributed by atoms with Crippen LogP contribution >= 0.6 is 11.8 Å². The largest absolute Gasteiger partial charge is 0.481 e. The summed E-state index contributed by atoms with van der Waals surface area (Å²) in [4.78, 5) is 24.7. The van der Waals surface area contributed by atoms with Crippen LogP contribution in [0.5, 0.6) is 0 Å². The lowest BCUT2D eigenvalue weighted by molar-refractivity contribution is -0.144. The van der Waals surface area contributed by atoms with Crippen molar-refractivity contribution in [3.8, 4) is 0 Å². The topological polar surface area (TPSA) is 66.4 Å². The van der Waals surface area contributed by atoms with E-state index in [1.54, 1.807) is 17.8 Å². The molecule has 0 saturated heterocycles. The van der Waals surface area contributed by atoms with Crippen molar-refractivity contribution in [2.75, 3.05) is 5.75 Å². The van der Waals surface area contributed by atoms with E-state index in [4.69, 9.17) is 5.11 Å². The van der Waals surface area contributed by atoms with Crippen molar-refractivity contribution >= 4 is 23.6 Å². The van der Waals surface area contributed by atoms with E-state index in [0.29, 0.717) is 12.8 Å². The van der Waals surface area contributed by atoms with E-state index < -0.39 is 11.9 Å². The van der Waals surface area contributed by atoms with Crippen LogP contribution in [-0.2, 0) is 9.59 Å². The minimum absolute atomic E-state index is 0.0944. The molecule has 124 valence electrons. The fraction of sp³-hybridized carbons (Fsp3) is 0.529. The van der Waals surface area contributed by atoms with E-state index in [2.05, 4.69) is 5.32 Å². The second-order valence-electron chi connectivity index (χ2n) is 6.28. The molecule has 23 heavy (non-hydrogen) atoms. The average molecular weight is 337 g/mol. The van der Waals surface area contributed by atoms with Gasteiger partial charge in [0.25, 0.3) is 0 Å². The molecule has 1 fully saturated rings. The molecule has 1 aliphatic heterocycles. The number of hydrogen-bond acceptors (Lipinski definition) is 3. The smallest absolute Gasteiger partial charge is 0.306 e. The third-order valence-corrected chi connectivity index (χ3v) is 5.84. The monoisotopic (exact) mass is 337 g/mol. The molecule has 0 aromatic heterocycles. The number of nitrogens with one attached hydrogen (secondary N) is 1. The number of amides is 1. The Hall–Kier alpha value is -1.56. The van der Waals surface area contributed by atoms with Gasteiger partial charge in [-0.3, -0.25) is 9.59 Å². The van der Waals surface area contributed by atoms with Gasteiger partial charge < -0.3 is 10.4 Å². The second kappa shape index (κ2) is 6.91. The molecule has 3 rings (SSSR count). The molecule has 1 aromatic rings. The van der Waals surface area contributed by atoms with Gasteiger partial charge in [-0.2, -0.15) is 0 Å². The van der Waals surface area contributed by atoms with E-state index in [0.717, 1.165) is 35.5 Å². The normalized spacial score (nSPS) is 27.1. The summed E-state index contributed by atoms with van der Waals surface area (Å²) in [6, 6.07) is 4.51. The van der Waals surface area contributed by atoms with Crippen LogP contribution in [-0.4, -0.2) is 22.7 Å². The van der Waals surface area contributed by atoms with Gasteiger partial charge in [0.15, 0.2) is 0 Å². The lowest BCUT2D eigenvalue weighted by atomic mass is 9.81. The van der Waals surface area contributed by atoms with Gasteiger partial charge in [0.2, 0.25) is 5.91 Å². The summed E-state index contributed by atoms with van der Waals surface area (Å²) in [5.74, 6) is -1.00. The predicted molar refractivity (Wildman–Crippen MR) is 85.7 cm³/mol. The molecule has 0 spiro atoms. The van der Waals surface area contributed by atoms with Gasteiger partial charge in [0.05, 0.1) is 12.0 Å². The lowest BCUT2D eigenvalue weighted by Gasteiger charge is -2.30. The Labute approximate surface area is 138 Å². The molecule has 6 heteroatoms. The lowest BCUT2D eigenvalue weighted by Crippen LogP contribution is -2.38. The van der Waals surface area contributed by atoms with Crippen LogP contribution in [0, 0.1) is 17.7 Å². The third-order valence-electron chi connectivity index (χ3n) is 4.72. The number of carbonyl (C=O) groups excluding carboxylic acids is 1. The summed E-state index contributed by atoms with van der Waals surface area (Å²) in [7, 11) is 0. The highest BCUT2D eigenvalue weighted by molar-refractivity contribution is 7.99. The summed E-state index contributed by atoms with van der Waals surface area (Å²) < 4.78 is 13.5. The highest BCUT2D eigenvalue weighted by atomic mass is 32.2. The van der Waals surface area contributed by atoms with Crippen LogP contribution in [0.25, 0.3) is 0 Å². The number of aliphatic carboxylic acids is 1. The first-order valence-electron chi connectivity index (χ1n) is 8.00. The molecule has 4 nitrogen and oxygen atoms in total. The highest BCUT2D eigenvalue weighted by Gasteiger charge is 2.32. The van der Waals surface area contributed by atoms with Crippen LogP contribution in [0.2, 0.25) is 0 Å². The number of thioether (sulfide) groups is 1. The van der Waals surface area contributed by atoms with Crippen LogP contribution < -0.4 is 5.32 Å². The number of hydrogen-bond donors (Lipinski definition) is 2. The molecule has 1 saturated carbocycles. The summed E-state index contributed by atoms with van der Waals surface area (Å²) in [6.45, 7) is 0. The third kappa shape index (κ3) is 3.68. The molecule has 1 amide bonds. The minimum atomic E-state index is -0.816. The van der Waals surface area contributed by atoms with Crippen molar-refractivity contribution in [3.05, 3.63) is 29.6 Å². The Kier molecular flexibility index (Phi) is 4.90. The first kappa shape index (κ1) is 16.3. The van der Waals surface area contributed by atoms with Gasteiger partial charge in [-0.05, 0) is 49.4 Å². The Morgan fingerprint density at radius 3 is 2.78 bits per heavy atom. The Balaban J connectivity index is 1.69. The highest BCUT2D eigenvalue weighted by Crippen LogP contribution is 2.37. The molecule has 3 unspecified atom stereocenters. The minimum Gasteiger partial charge on any atom is -0.481 e. The van der Waals surface area contributed by atoms with E-state index in [-0.39, 0.29) is 23.7 Å². The van der Waals surface area contributed by atoms with Crippen LogP contribution in [0.4, 0.5) is 4.39 Å². The Morgan fingerprint density at radius 1 is 1.22 bits per heavy atom. The number of carboxylic acids is 1. The van der Waals surface area contributed by atoms with Gasteiger partial charge in [0.1, 0.15) is 5.82 Å².